The van der Waals surface area contributed by atoms with E-state index in [0.717, 1.165) is 5.56 Å². The molecule has 32 heavy (non-hydrogen) atoms. The van der Waals surface area contributed by atoms with Crippen LogP contribution in [0.25, 0.3) is 11.3 Å². The second-order valence-corrected chi connectivity index (χ2v) is 8.53. The van der Waals surface area contributed by atoms with Crippen molar-refractivity contribution in [2.24, 2.45) is 0 Å². The van der Waals surface area contributed by atoms with Crippen LogP contribution in [-0.2, 0) is 5.41 Å². The lowest BCUT2D eigenvalue weighted by molar-refractivity contribution is -0.122. The molecule has 0 amide bonds. The highest BCUT2D eigenvalue weighted by Gasteiger charge is 2.50. The molecule has 1 aromatic heterocycles. The van der Waals surface area contributed by atoms with Crippen LogP contribution in [0.1, 0.15) is 29.2 Å². The van der Waals surface area contributed by atoms with E-state index in [2.05, 4.69) is 45.4 Å². The van der Waals surface area contributed by atoms with Crippen molar-refractivity contribution in [3.8, 4) is 23.4 Å². The van der Waals surface area contributed by atoms with Gasteiger partial charge in [0.05, 0.1) is 34.0 Å². The van der Waals surface area contributed by atoms with Crippen molar-refractivity contribution in [3.63, 3.8) is 0 Å². The summed E-state index contributed by atoms with van der Waals surface area (Å²) in [6.45, 7) is 3.79. The van der Waals surface area contributed by atoms with Gasteiger partial charge in [-0.25, -0.2) is 9.97 Å². The first-order chi connectivity index (χ1) is 15.2. The van der Waals surface area contributed by atoms with E-state index in [1.165, 1.54) is 0 Å². The molecule has 2 aromatic carbocycles. The first-order valence-corrected chi connectivity index (χ1v) is 10.2. The largest absolute Gasteiger partial charge is 0.383 e. The zero-order chi connectivity index (χ0) is 23.1. The Kier molecular flexibility index (Phi) is 5.27. The predicted molar refractivity (Wildman–Crippen MR) is 123 cm³/mol. The number of thiol groups is 1. The highest BCUT2D eigenvalue weighted by molar-refractivity contribution is 7.81. The summed E-state index contributed by atoms with van der Waals surface area (Å²) in [6.07, 6.45) is 1.59. The van der Waals surface area contributed by atoms with Crippen molar-refractivity contribution >= 4 is 30.0 Å². The van der Waals surface area contributed by atoms with Gasteiger partial charge in [0.25, 0.3) is 0 Å². The van der Waals surface area contributed by atoms with Gasteiger partial charge in [-0.2, -0.15) is 10.5 Å². The second-order valence-electron chi connectivity index (χ2n) is 7.91. The Morgan fingerprint density at radius 2 is 1.97 bits per heavy atom. The smallest absolute Gasteiger partial charge is 0.227 e. The van der Waals surface area contributed by atoms with Gasteiger partial charge in [0.1, 0.15) is 6.07 Å². The van der Waals surface area contributed by atoms with Gasteiger partial charge in [-0.3, -0.25) is 0 Å². The molecule has 1 unspecified atom stereocenters. The van der Waals surface area contributed by atoms with E-state index in [-0.39, 0.29) is 6.54 Å². The zero-order valence-electron chi connectivity index (χ0n) is 17.4. The summed E-state index contributed by atoms with van der Waals surface area (Å²) in [7, 11) is 0. The molecule has 1 aliphatic rings. The molecule has 0 spiro atoms. The second kappa shape index (κ2) is 7.81. The minimum Gasteiger partial charge on any atom is -0.383 e. The molecule has 1 atom stereocenters. The molecule has 0 radical (unpaired) electrons. The molecule has 0 bridgehead atoms. The number of hydrogen-bond acceptors (Lipinski definition) is 9. The minimum atomic E-state index is -2.29. The van der Waals surface area contributed by atoms with Crippen molar-refractivity contribution < 1.29 is 10.2 Å². The maximum atomic E-state index is 10.3. The maximum Gasteiger partial charge on any atom is 0.227 e. The third-order valence-electron chi connectivity index (χ3n) is 5.78. The number of aromatic nitrogens is 2. The van der Waals surface area contributed by atoms with Crippen LogP contribution in [0.4, 0.5) is 17.3 Å². The fourth-order valence-corrected chi connectivity index (χ4v) is 3.89. The molecule has 160 valence electrons. The van der Waals surface area contributed by atoms with Crippen LogP contribution >= 0.6 is 12.6 Å². The number of anilines is 3. The molecular formula is C23H20N6O2S. The molecule has 4 N–H and O–H groups in total. The number of nitrogens with one attached hydrogen (secondary N) is 2. The van der Waals surface area contributed by atoms with Crippen LogP contribution in [0.2, 0.25) is 0 Å². The summed E-state index contributed by atoms with van der Waals surface area (Å²) in [5, 5.41) is 43.3. The van der Waals surface area contributed by atoms with E-state index in [1.807, 2.05) is 13.0 Å². The summed E-state index contributed by atoms with van der Waals surface area (Å²) in [4.78, 5) is 8.83. The SMILES string of the molecule is Cc1ccc(C#N)cc1Nc1nccc(-c2cc(C#N)c3c(c2)C(C)(C(O)(O)S)CN3)n1. The summed E-state index contributed by atoms with van der Waals surface area (Å²) < 4.78 is 0. The number of aryl methyl sites for hydroxylation is 1. The third kappa shape index (κ3) is 3.63. The monoisotopic (exact) mass is 444 g/mol. The highest BCUT2D eigenvalue weighted by atomic mass is 32.1. The van der Waals surface area contributed by atoms with Gasteiger partial charge >= 0.3 is 0 Å². The van der Waals surface area contributed by atoms with Crippen LogP contribution in [-0.4, -0.2) is 31.8 Å². The molecule has 8 nitrogen and oxygen atoms in total. The summed E-state index contributed by atoms with van der Waals surface area (Å²) in [6, 6.07) is 14.7. The Labute approximate surface area is 190 Å². The summed E-state index contributed by atoms with van der Waals surface area (Å²) >= 11 is 3.97. The lowest BCUT2D eigenvalue weighted by atomic mass is 9.81. The van der Waals surface area contributed by atoms with E-state index in [1.54, 1.807) is 43.5 Å². The quantitative estimate of drug-likeness (QED) is 0.306. The molecule has 0 aliphatic carbocycles. The average molecular weight is 445 g/mol. The minimum absolute atomic E-state index is 0.210. The number of nitrogens with zero attached hydrogens (tertiary/aromatic N) is 4. The van der Waals surface area contributed by atoms with E-state index in [4.69, 9.17) is 5.26 Å². The van der Waals surface area contributed by atoms with Crippen LogP contribution in [0, 0.1) is 29.6 Å². The zero-order valence-corrected chi connectivity index (χ0v) is 18.3. The molecule has 4 rings (SSSR count). The van der Waals surface area contributed by atoms with Gasteiger partial charge in [0, 0.05) is 24.0 Å². The van der Waals surface area contributed by atoms with Gasteiger partial charge in [-0.05, 0) is 55.3 Å². The summed E-state index contributed by atoms with van der Waals surface area (Å²) in [5.74, 6) is 0.327. The van der Waals surface area contributed by atoms with Crippen molar-refractivity contribution in [2.75, 3.05) is 17.2 Å². The van der Waals surface area contributed by atoms with Crippen molar-refractivity contribution in [1.82, 2.24) is 9.97 Å². The third-order valence-corrected chi connectivity index (χ3v) is 6.27. The predicted octanol–water partition coefficient (Wildman–Crippen LogP) is 3.19. The normalized spacial score (nSPS) is 17.1. The number of aliphatic hydroxyl groups is 2. The lowest BCUT2D eigenvalue weighted by Gasteiger charge is -2.34. The van der Waals surface area contributed by atoms with E-state index in [9.17, 15) is 15.5 Å². The summed E-state index contributed by atoms with van der Waals surface area (Å²) in [5.41, 5.74) is 3.67. The fourth-order valence-electron chi connectivity index (χ4n) is 3.69. The van der Waals surface area contributed by atoms with E-state index >= 15 is 0 Å². The topological polar surface area (TPSA) is 138 Å². The number of rotatable bonds is 4. The Balaban J connectivity index is 1.77. The van der Waals surface area contributed by atoms with Gasteiger partial charge in [-0.15, -0.1) is 12.6 Å². The lowest BCUT2D eigenvalue weighted by Crippen LogP contribution is -2.46. The van der Waals surface area contributed by atoms with Crippen LogP contribution < -0.4 is 10.6 Å². The number of nitriles is 2. The first kappa shape index (κ1) is 21.6. The number of fused-ring (bicyclic) bond motifs is 1. The van der Waals surface area contributed by atoms with Gasteiger partial charge < -0.3 is 20.8 Å². The van der Waals surface area contributed by atoms with Gasteiger partial charge in [0.15, 0.2) is 0 Å². The van der Waals surface area contributed by atoms with Gasteiger partial charge in [-0.1, -0.05) is 6.07 Å². The van der Waals surface area contributed by atoms with Crippen LogP contribution in [0.5, 0.6) is 0 Å². The molecule has 1 aliphatic heterocycles. The van der Waals surface area contributed by atoms with Crippen molar-refractivity contribution in [3.05, 3.63) is 64.8 Å². The van der Waals surface area contributed by atoms with E-state index in [0.29, 0.717) is 45.3 Å². The Morgan fingerprint density at radius 3 is 2.66 bits per heavy atom. The maximum absolute atomic E-state index is 10.3. The molecule has 9 heteroatoms. The Hall–Kier alpha value is -3.63. The van der Waals surface area contributed by atoms with E-state index < -0.39 is 10.5 Å². The number of hydrogen-bond donors (Lipinski definition) is 5. The molecule has 0 fully saturated rings. The molecule has 0 saturated carbocycles. The van der Waals surface area contributed by atoms with Crippen LogP contribution in [0.15, 0.2) is 42.6 Å². The van der Waals surface area contributed by atoms with Crippen molar-refractivity contribution in [1.29, 1.82) is 10.5 Å². The first-order valence-electron chi connectivity index (χ1n) is 9.77. The fraction of sp³-hybridized carbons (Fsp3) is 0.217. The number of benzene rings is 2. The van der Waals surface area contributed by atoms with Crippen molar-refractivity contribution in [2.45, 2.75) is 24.4 Å². The molecule has 2 heterocycles. The molecule has 3 aromatic rings. The average Bonchev–Trinajstić information content (AvgIpc) is 3.13. The highest BCUT2D eigenvalue weighted by Crippen LogP contribution is 2.47. The standard InChI is InChI=1S/C23H20N6O2S/c1-13-3-4-14(10-24)7-19(13)29-21-26-6-5-18(28-21)15-8-16(11-25)20-17(9-15)22(2,12-27-20)23(30,31)32/h3-9,27,30-32H,12H2,1-2H3,(H,26,28,29). The molecular weight excluding hydrogens is 424 g/mol. The van der Waals surface area contributed by atoms with Crippen LogP contribution in [0.3, 0.4) is 0 Å². The van der Waals surface area contributed by atoms with Gasteiger partial charge in [0.2, 0.25) is 11.1 Å². The Bertz CT molecular complexity index is 1310. The Morgan fingerprint density at radius 1 is 1.19 bits per heavy atom. The molecule has 0 saturated heterocycles.